The van der Waals surface area contributed by atoms with Crippen LogP contribution in [0.25, 0.3) is 16.7 Å². The number of anilines is 1. The molecule has 1 aliphatic heterocycles. The predicted molar refractivity (Wildman–Crippen MR) is 111 cm³/mol. The summed E-state index contributed by atoms with van der Waals surface area (Å²) in [5, 5.41) is 9.71. The average molecular weight is 384 g/mol. The summed E-state index contributed by atoms with van der Waals surface area (Å²) in [5.74, 6) is 1.59. The maximum Gasteiger partial charge on any atom is 0.272 e. The van der Waals surface area contributed by atoms with E-state index in [4.69, 9.17) is 0 Å². The molecule has 0 saturated carbocycles. The van der Waals surface area contributed by atoms with E-state index in [1.807, 2.05) is 82.5 Å². The molecule has 1 amide bonds. The van der Waals surface area contributed by atoms with Crippen LogP contribution in [0, 0.1) is 0 Å². The first kappa shape index (κ1) is 17.4. The van der Waals surface area contributed by atoms with Crippen molar-refractivity contribution in [3.8, 4) is 5.82 Å². The molecule has 0 aliphatic carbocycles. The Morgan fingerprint density at radius 1 is 0.759 bits per heavy atom. The van der Waals surface area contributed by atoms with Gasteiger partial charge in [0.2, 0.25) is 0 Å². The van der Waals surface area contributed by atoms with E-state index in [9.17, 15) is 4.79 Å². The van der Waals surface area contributed by atoms with Gasteiger partial charge in [0.15, 0.2) is 11.6 Å². The molecule has 4 aromatic rings. The molecule has 0 atom stereocenters. The molecule has 144 valence electrons. The van der Waals surface area contributed by atoms with Gasteiger partial charge in [-0.15, -0.1) is 10.2 Å². The molecular formula is C22H20N6O. The third-order valence-corrected chi connectivity index (χ3v) is 5.21. The Hall–Kier alpha value is -3.74. The molecule has 1 saturated heterocycles. The maximum absolute atomic E-state index is 12.9. The number of amides is 1. The lowest BCUT2D eigenvalue weighted by Crippen LogP contribution is -2.49. The highest BCUT2D eigenvalue weighted by atomic mass is 16.2. The Labute approximate surface area is 168 Å². The Morgan fingerprint density at radius 3 is 2.24 bits per heavy atom. The summed E-state index contributed by atoms with van der Waals surface area (Å²) in [6.45, 7) is 2.70. The molecule has 7 nitrogen and oxygen atoms in total. The van der Waals surface area contributed by atoms with Crippen LogP contribution in [-0.4, -0.2) is 56.7 Å². The first-order valence-electron chi connectivity index (χ1n) is 9.65. The zero-order valence-corrected chi connectivity index (χ0v) is 15.8. The lowest BCUT2D eigenvalue weighted by Gasteiger charge is -2.35. The van der Waals surface area contributed by atoms with Crippen molar-refractivity contribution in [3.05, 3.63) is 78.8 Å². The standard InChI is InChI=1S/C22H20N6O/c29-22(19-8-7-17-5-1-2-6-18(17)23-19)28-15-13-27(14-16-28)21-10-9-20(24-25-21)26-11-3-4-12-26/h1-12H,13-16H2. The summed E-state index contributed by atoms with van der Waals surface area (Å²) in [5.41, 5.74) is 1.34. The van der Waals surface area contributed by atoms with Crippen molar-refractivity contribution < 1.29 is 4.79 Å². The van der Waals surface area contributed by atoms with Crippen molar-refractivity contribution >= 4 is 22.6 Å². The number of nitrogens with zero attached hydrogens (tertiary/aromatic N) is 6. The number of hydrogen-bond donors (Lipinski definition) is 0. The molecule has 29 heavy (non-hydrogen) atoms. The van der Waals surface area contributed by atoms with Crippen molar-refractivity contribution in [2.24, 2.45) is 0 Å². The molecule has 0 N–H and O–H groups in total. The third-order valence-electron chi connectivity index (χ3n) is 5.21. The second-order valence-corrected chi connectivity index (χ2v) is 7.01. The van der Waals surface area contributed by atoms with Crippen LogP contribution in [0.4, 0.5) is 5.82 Å². The monoisotopic (exact) mass is 384 g/mol. The van der Waals surface area contributed by atoms with Gasteiger partial charge in [-0.3, -0.25) is 4.79 Å². The van der Waals surface area contributed by atoms with Crippen molar-refractivity contribution in [1.29, 1.82) is 0 Å². The molecule has 1 fully saturated rings. The summed E-state index contributed by atoms with van der Waals surface area (Å²) < 4.78 is 1.92. The Kier molecular flexibility index (Phi) is 4.40. The number of carbonyl (C=O) groups excluding carboxylic acids is 1. The van der Waals surface area contributed by atoms with Gasteiger partial charge in [0.25, 0.3) is 5.91 Å². The van der Waals surface area contributed by atoms with Crippen LogP contribution in [0.2, 0.25) is 0 Å². The van der Waals surface area contributed by atoms with Gasteiger partial charge in [0.05, 0.1) is 5.52 Å². The van der Waals surface area contributed by atoms with Crippen molar-refractivity contribution in [2.75, 3.05) is 31.1 Å². The van der Waals surface area contributed by atoms with E-state index in [2.05, 4.69) is 20.1 Å². The van der Waals surface area contributed by atoms with Gasteiger partial charge in [-0.1, -0.05) is 24.3 Å². The summed E-state index contributed by atoms with van der Waals surface area (Å²) in [4.78, 5) is 21.4. The van der Waals surface area contributed by atoms with E-state index < -0.39 is 0 Å². The largest absolute Gasteiger partial charge is 0.352 e. The summed E-state index contributed by atoms with van der Waals surface area (Å²) in [7, 11) is 0. The molecule has 5 rings (SSSR count). The smallest absolute Gasteiger partial charge is 0.272 e. The molecule has 4 heterocycles. The van der Waals surface area contributed by atoms with Gasteiger partial charge >= 0.3 is 0 Å². The predicted octanol–water partition coefficient (Wildman–Crippen LogP) is 2.78. The summed E-state index contributed by atoms with van der Waals surface area (Å²) in [6.07, 6.45) is 3.88. The molecule has 0 radical (unpaired) electrons. The van der Waals surface area contributed by atoms with Crippen LogP contribution >= 0.6 is 0 Å². The highest BCUT2D eigenvalue weighted by Gasteiger charge is 2.24. The van der Waals surface area contributed by atoms with Crippen molar-refractivity contribution in [3.63, 3.8) is 0 Å². The fourth-order valence-corrected chi connectivity index (χ4v) is 3.60. The van der Waals surface area contributed by atoms with E-state index >= 15 is 0 Å². The molecule has 7 heteroatoms. The fraction of sp³-hybridized carbons (Fsp3) is 0.182. The number of piperazine rings is 1. The van der Waals surface area contributed by atoms with Gasteiger partial charge < -0.3 is 14.4 Å². The van der Waals surface area contributed by atoms with E-state index in [0.717, 1.165) is 35.6 Å². The minimum absolute atomic E-state index is 0.0237. The topological polar surface area (TPSA) is 67.2 Å². The van der Waals surface area contributed by atoms with Crippen LogP contribution < -0.4 is 4.90 Å². The molecule has 1 aliphatic rings. The first-order chi connectivity index (χ1) is 14.3. The van der Waals surface area contributed by atoms with E-state index in [-0.39, 0.29) is 5.91 Å². The normalized spacial score (nSPS) is 14.3. The van der Waals surface area contributed by atoms with Crippen molar-refractivity contribution in [2.45, 2.75) is 0 Å². The number of aromatic nitrogens is 4. The van der Waals surface area contributed by atoms with E-state index in [1.165, 1.54) is 0 Å². The van der Waals surface area contributed by atoms with Crippen LogP contribution in [0.3, 0.4) is 0 Å². The minimum atomic E-state index is -0.0237. The quantitative estimate of drug-likeness (QED) is 0.543. The minimum Gasteiger partial charge on any atom is -0.352 e. The highest BCUT2D eigenvalue weighted by molar-refractivity contribution is 5.95. The second kappa shape index (κ2) is 7.35. The Morgan fingerprint density at radius 2 is 1.48 bits per heavy atom. The van der Waals surface area contributed by atoms with Crippen LogP contribution in [0.1, 0.15) is 10.5 Å². The van der Waals surface area contributed by atoms with Gasteiger partial charge in [-0.05, 0) is 36.4 Å². The number of carbonyl (C=O) groups is 1. The maximum atomic E-state index is 12.9. The second-order valence-electron chi connectivity index (χ2n) is 7.01. The fourth-order valence-electron chi connectivity index (χ4n) is 3.60. The highest BCUT2D eigenvalue weighted by Crippen LogP contribution is 2.17. The lowest BCUT2D eigenvalue weighted by molar-refractivity contribution is 0.0741. The van der Waals surface area contributed by atoms with Crippen molar-refractivity contribution in [1.82, 2.24) is 24.6 Å². The van der Waals surface area contributed by atoms with Gasteiger partial charge in [-0.2, -0.15) is 0 Å². The number of para-hydroxylation sites is 1. The van der Waals surface area contributed by atoms with Crippen LogP contribution in [0.5, 0.6) is 0 Å². The van der Waals surface area contributed by atoms with Gasteiger partial charge in [-0.25, -0.2) is 4.98 Å². The zero-order valence-electron chi connectivity index (χ0n) is 15.8. The summed E-state index contributed by atoms with van der Waals surface area (Å²) >= 11 is 0. The SMILES string of the molecule is O=C(c1ccc2ccccc2n1)N1CCN(c2ccc(-n3cccc3)nn2)CC1. The number of fused-ring (bicyclic) bond motifs is 1. The number of hydrogen-bond acceptors (Lipinski definition) is 5. The van der Waals surface area contributed by atoms with E-state index in [1.54, 1.807) is 0 Å². The molecule has 0 bridgehead atoms. The van der Waals surface area contributed by atoms with E-state index in [0.29, 0.717) is 18.8 Å². The van der Waals surface area contributed by atoms with Gasteiger partial charge in [0.1, 0.15) is 5.69 Å². The number of rotatable bonds is 3. The molecule has 0 spiro atoms. The molecule has 0 unspecified atom stereocenters. The molecule has 3 aromatic heterocycles. The van der Waals surface area contributed by atoms with Crippen LogP contribution in [-0.2, 0) is 0 Å². The van der Waals surface area contributed by atoms with Crippen LogP contribution in [0.15, 0.2) is 73.1 Å². The van der Waals surface area contributed by atoms with Gasteiger partial charge in [0, 0.05) is 44.0 Å². The molecule has 1 aromatic carbocycles. The zero-order chi connectivity index (χ0) is 19.6. The Balaban J connectivity index is 1.25. The lowest BCUT2D eigenvalue weighted by atomic mass is 10.2. The third kappa shape index (κ3) is 3.42. The number of benzene rings is 1. The first-order valence-corrected chi connectivity index (χ1v) is 9.65. The average Bonchev–Trinajstić information content (AvgIpc) is 3.33. The molecular weight excluding hydrogens is 364 g/mol. The summed E-state index contributed by atoms with van der Waals surface area (Å²) in [6, 6.07) is 19.4. The number of pyridine rings is 1. The Bertz CT molecular complexity index is 1130.